The number of benzene rings is 2. The van der Waals surface area contributed by atoms with Crippen LogP contribution in [0.15, 0.2) is 48.5 Å². The molecule has 0 radical (unpaired) electrons. The van der Waals surface area contributed by atoms with Crippen molar-refractivity contribution in [2.75, 3.05) is 6.61 Å². The number of nitrogens with zero attached hydrogens (tertiary/aromatic N) is 2. The molecule has 2 N–H and O–H groups in total. The van der Waals surface area contributed by atoms with Gasteiger partial charge in [0.1, 0.15) is 30.9 Å². The minimum atomic E-state index is -0.695. The van der Waals surface area contributed by atoms with Crippen molar-refractivity contribution >= 4 is 11.0 Å². The van der Waals surface area contributed by atoms with Gasteiger partial charge >= 0.3 is 0 Å². The van der Waals surface area contributed by atoms with Crippen molar-refractivity contribution in [2.45, 2.75) is 26.2 Å². The van der Waals surface area contributed by atoms with E-state index in [1.54, 1.807) is 0 Å². The number of ether oxygens (including phenoxy) is 1. The monoisotopic (exact) mass is 312 g/mol. The molecule has 0 unspecified atom stereocenters. The number of hydrogen-bond acceptors (Lipinski definition) is 4. The van der Waals surface area contributed by atoms with Gasteiger partial charge in [0.05, 0.1) is 17.6 Å². The second kappa shape index (κ2) is 6.81. The number of imidazole rings is 1. The van der Waals surface area contributed by atoms with Crippen molar-refractivity contribution in [1.82, 2.24) is 9.55 Å². The highest BCUT2D eigenvalue weighted by Crippen LogP contribution is 2.17. The van der Waals surface area contributed by atoms with Gasteiger partial charge in [-0.05, 0) is 31.2 Å². The maximum Gasteiger partial charge on any atom is 0.135 e. The number of aromatic nitrogens is 2. The maximum atomic E-state index is 10.3. The molecule has 3 rings (SSSR count). The molecule has 1 aromatic heterocycles. The number of aliphatic hydroxyl groups is 2. The zero-order chi connectivity index (χ0) is 16.2. The summed E-state index contributed by atoms with van der Waals surface area (Å²) in [5, 5.41) is 19.7. The number of aliphatic hydroxyl groups excluding tert-OH is 2. The zero-order valence-corrected chi connectivity index (χ0v) is 13.0. The van der Waals surface area contributed by atoms with E-state index in [0.717, 1.165) is 22.3 Å². The number of aryl methyl sites for hydroxylation is 1. The normalized spacial score (nSPS) is 12.5. The van der Waals surface area contributed by atoms with E-state index in [1.807, 2.05) is 60.0 Å². The Balaban J connectivity index is 1.70. The lowest BCUT2D eigenvalue weighted by atomic mass is 10.2. The highest BCUT2D eigenvalue weighted by molar-refractivity contribution is 5.75. The Kier molecular flexibility index (Phi) is 4.60. The molecule has 0 fully saturated rings. The molecule has 0 amide bonds. The van der Waals surface area contributed by atoms with E-state index in [-0.39, 0.29) is 13.2 Å². The third-order valence-corrected chi connectivity index (χ3v) is 3.73. The van der Waals surface area contributed by atoms with Gasteiger partial charge < -0.3 is 19.5 Å². The van der Waals surface area contributed by atoms with Crippen LogP contribution in [0.1, 0.15) is 11.4 Å². The predicted molar refractivity (Wildman–Crippen MR) is 88.3 cm³/mol. The number of rotatable bonds is 6. The lowest BCUT2D eigenvalue weighted by Gasteiger charge is -2.15. The molecule has 0 saturated carbocycles. The van der Waals surface area contributed by atoms with Crippen LogP contribution in [0.5, 0.6) is 5.75 Å². The third-order valence-electron chi connectivity index (χ3n) is 3.73. The van der Waals surface area contributed by atoms with Crippen LogP contribution >= 0.6 is 0 Å². The molecule has 0 aliphatic heterocycles. The molecule has 1 atom stereocenters. The van der Waals surface area contributed by atoms with Gasteiger partial charge in [0, 0.05) is 0 Å². The Morgan fingerprint density at radius 1 is 1.13 bits per heavy atom. The molecule has 5 heteroatoms. The first-order chi connectivity index (χ1) is 11.2. The summed E-state index contributed by atoms with van der Waals surface area (Å²) in [5.41, 5.74) is 2.87. The first-order valence-electron chi connectivity index (χ1n) is 7.60. The fourth-order valence-electron chi connectivity index (χ4n) is 2.54. The molecule has 0 aliphatic carbocycles. The van der Waals surface area contributed by atoms with Gasteiger partial charge in [-0.3, -0.25) is 0 Å². The van der Waals surface area contributed by atoms with Crippen LogP contribution in [0.4, 0.5) is 0 Å². The second-order valence-electron chi connectivity index (χ2n) is 5.56. The van der Waals surface area contributed by atoms with Crippen LogP contribution in [-0.4, -0.2) is 32.5 Å². The van der Waals surface area contributed by atoms with E-state index in [1.165, 1.54) is 0 Å². The molecule has 0 spiro atoms. The highest BCUT2D eigenvalue weighted by Gasteiger charge is 2.14. The fourth-order valence-corrected chi connectivity index (χ4v) is 2.54. The molecule has 0 saturated heterocycles. The summed E-state index contributed by atoms with van der Waals surface area (Å²) in [6, 6.07) is 15.3. The molecule has 23 heavy (non-hydrogen) atoms. The van der Waals surface area contributed by atoms with Crippen molar-refractivity contribution < 1.29 is 14.9 Å². The van der Waals surface area contributed by atoms with Crippen molar-refractivity contribution in [3.8, 4) is 5.75 Å². The minimum Gasteiger partial charge on any atom is -0.491 e. The molecular formula is C18H20N2O3. The number of hydrogen-bond donors (Lipinski definition) is 2. The quantitative estimate of drug-likeness (QED) is 0.733. The van der Waals surface area contributed by atoms with Gasteiger partial charge in [-0.25, -0.2) is 4.98 Å². The summed E-state index contributed by atoms with van der Waals surface area (Å²) < 4.78 is 7.44. The summed E-state index contributed by atoms with van der Waals surface area (Å²) in [5.74, 6) is 1.27. The van der Waals surface area contributed by atoms with E-state index in [4.69, 9.17) is 4.74 Å². The van der Waals surface area contributed by atoms with Gasteiger partial charge in [0.25, 0.3) is 0 Å². The molecule has 5 nitrogen and oxygen atoms in total. The Hall–Kier alpha value is -2.37. The largest absolute Gasteiger partial charge is 0.491 e. The van der Waals surface area contributed by atoms with Crippen molar-refractivity contribution in [1.29, 1.82) is 0 Å². The Labute approximate surface area is 134 Å². The molecule has 120 valence electrons. The van der Waals surface area contributed by atoms with Gasteiger partial charge in [-0.2, -0.15) is 0 Å². The van der Waals surface area contributed by atoms with Crippen LogP contribution in [0.25, 0.3) is 11.0 Å². The first-order valence-corrected chi connectivity index (χ1v) is 7.60. The first kappa shape index (κ1) is 15.5. The average molecular weight is 312 g/mol. The Morgan fingerprint density at radius 3 is 2.61 bits per heavy atom. The zero-order valence-electron chi connectivity index (χ0n) is 13.0. The van der Waals surface area contributed by atoms with Gasteiger partial charge in [0.2, 0.25) is 0 Å². The lowest BCUT2D eigenvalue weighted by Crippen LogP contribution is -2.24. The van der Waals surface area contributed by atoms with Crippen LogP contribution < -0.4 is 4.74 Å². The topological polar surface area (TPSA) is 67.5 Å². The smallest absolute Gasteiger partial charge is 0.135 e. The van der Waals surface area contributed by atoms with Gasteiger partial charge in [-0.1, -0.05) is 29.8 Å². The van der Waals surface area contributed by atoms with E-state index >= 15 is 0 Å². The van der Waals surface area contributed by atoms with E-state index in [0.29, 0.717) is 12.4 Å². The summed E-state index contributed by atoms with van der Waals surface area (Å²) in [6.07, 6.45) is -0.695. The summed E-state index contributed by atoms with van der Waals surface area (Å²) in [7, 11) is 0. The third kappa shape index (κ3) is 3.52. The Morgan fingerprint density at radius 2 is 1.87 bits per heavy atom. The second-order valence-corrected chi connectivity index (χ2v) is 5.56. The van der Waals surface area contributed by atoms with Crippen molar-refractivity contribution in [3.63, 3.8) is 0 Å². The van der Waals surface area contributed by atoms with Crippen LogP contribution in [-0.2, 0) is 13.2 Å². The number of fused-ring (bicyclic) bond motifs is 1. The molecule has 2 aromatic carbocycles. The van der Waals surface area contributed by atoms with E-state index in [2.05, 4.69) is 4.98 Å². The fraction of sp³-hybridized carbons (Fsp3) is 0.278. The SMILES string of the molecule is Cc1ccc(OC[C@H](O)Cn2c(CO)nc3ccccc32)cc1. The van der Waals surface area contributed by atoms with Gasteiger partial charge in [0.15, 0.2) is 0 Å². The predicted octanol–water partition coefficient (Wildman–Crippen LogP) is 2.28. The Bertz CT molecular complexity index is 781. The van der Waals surface area contributed by atoms with Crippen LogP contribution in [0, 0.1) is 6.92 Å². The van der Waals surface area contributed by atoms with E-state index in [9.17, 15) is 10.2 Å². The summed E-state index contributed by atoms with van der Waals surface area (Å²) in [4.78, 5) is 4.37. The highest BCUT2D eigenvalue weighted by atomic mass is 16.5. The van der Waals surface area contributed by atoms with Crippen molar-refractivity contribution in [2.24, 2.45) is 0 Å². The lowest BCUT2D eigenvalue weighted by molar-refractivity contribution is 0.0915. The average Bonchev–Trinajstić information content (AvgIpc) is 2.92. The maximum absolute atomic E-state index is 10.3. The number of para-hydroxylation sites is 2. The molecular weight excluding hydrogens is 292 g/mol. The van der Waals surface area contributed by atoms with E-state index < -0.39 is 6.10 Å². The van der Waals surface area contributed by atoms with Crippen molar-refractivity contribution in [3.05, 3.63) is 59.9 Å². The molecule has 3 aromatic rings. The summed E-state index contributed by atoms with van der Waals surface area (Å²) >= 11 is 0. The molecule has 0 bridgehead atoms. The molecule has 0 aliphatic rings. The van der Waals surface area contributed by atoms with Crippen LogP contribution in [0.2, 0.25) is 0 Å². The molecule has 1 heterocycles. The van der Waals surface area contributed by atoms with Crippen LogP contribution in [0.3, 0.4) is 0 Å². The minimum absolute atomic E-state index is 0.166. The summed E-state index contributed by atoms with van der Waals surface area (Å²) in [6.45, 7) is 2.35. The van der Waals surface area contributed by atoms with Gasteiger partial charge in [-0.15, -0.1) is 0 Å². The standard InChI is InChI=1S/C18H20N2O3/c1-13-6-8-15(9-7-13)23-12-14(22)10-20-17-5-3-2-4-16(17)19-18(20)11-21/h2-9,14,21-22H,10-12H2,1H3/t14-/m1/s1.